The van der Waals surface area contributed by atoms with E-state index in [1.54, 1.807) is 36.4 Å². The summed E-state index contributed by atoms with van der Waals surface area (Å²) in [4.78, 5) is 26.8. The molecular formula is C21H18BrN3O7S. The van der Waals surface area contributed by atoms with Gasteiger partial charge in [0.2, 0.25) is 5.16 Å². The summed E-state index contributed by atoms with van der Waals surface area (Å²) in [5.41, 5.74) is 1.22. The second-order valence-corrected chi connectivity index (χ2v) is 8.22. The number of rotatable bonds is 10. The van der Waals surface area contributed by atoms with Gasteiger partial charge in [-0.1, -0.05) is 6.07 Å². The van der Waals surface area contributed by atoms with Gasteiger partial charge in [0.15, 0.2) is 12.4 Å². The third kappa shape index (κ3) is 6.49. The molecule has 12 heteroatoms. The first-order valence-corrected chi connectivity index (χ1v) is 10.8. The van der Waals surface area contributed by atoms with Crippen molar-refractivity contribution >= 4 is 45.7 Å². The first-order valence-electron chi connectivity index (χ1n) is 9.22. The van der Waals surface area contributed by atoms with Crippen molar-refractivity contribution in [2.24, 2.45) is 0 Å². The number of benzene rings is 2. The van der Waals surface area contributed by atoms with Crippen molar-refractivity contribution < 1.29 is 34.0 Å². The zero-order chi connectivity index (χ0) is 24.0. The number of hydrogen-bond donors (Lipinski definition) is 3. The number of H-pyrrole nitrogens is 1. The van der Waals surface area contributed by atoms with Crippen LogP contribution in [0.1, 0.15) is 5.56 Å². The molecule has 0 aliphatic heterocycles. The molecule has 3 aromatic rings. The molecule has 0 unspecified atom stereocenters. The maximum Gasteiger partial charge on any atom is 0.342 e. The van der Waals surface area contributed by atoms with E-state index in [4.69, 9.17) is 19.3 Å². The predicted molar refractivity (Wildman–Crippen MR) is 124 cm³/mol. The van der Waals surface area contributed by atoms with Crippen LogP contribution >= 0.6 is 27.7 Å². The Kier molecular flexibility index (Phi) is 7.96. The Bertz CT molecular complexity index is 1190. The molecule has 0 aliphatic carbocycles. The van der Waals surface area contributed by atoms with Crippen LogP contribution in [0.5, 0.6) is 17.2 Å². The normalized spacial score (nSPS) is 11.2. The minimum atomic E-state index is -1.16. The summed E-state index contributed by atoms with van der Waals surface area (Å²) >= 11 is 4.16. The molecule has 0 spiro atoms. The topological polar surface area (TPSA) is 144 Å². The van der Waals surface area contributed by atoms with Crippen LogP contribution in [-0.2, 0) is 9.59 Å². The Labute approximate surface area is 200 Å². The number of halogens is 1. The van der Waals surface area contributed by atoms with Gasteiger partial charge in [-0.3, -0.25) is 5.10 Å². The second kappa shape index (κ2) is 10.9. The highest BCUT2D eigenvalue weighted by Gasteiger charge is 2.16. The minimum Gasteiger partial charge on any atom is -0.497 e. The smallest absolute Gasteiger partial charge is 0.342 e. The highest BCUT2D eigenvalue weighted by Crippen LogP contribution is 2.32. The summed E-state index contributed by atoms with van der Waals surface area (Å²) < 4.78 is 16.1. The van der Waals surface area contributed by atoms with Gasteiger partial charge in [0.1, 0.15) is 22.2 Å². The molecule has 172 valence electrons. The number of aromatic amines is 1. The number of carboxylic acid groups (broad SMARTS) is 2. The van der Waals surface area contributed by atoms with Crippen molar-refractivity contribution in [1.82, 2.24) is 15.2 Å². The van der Waals surface area contributed by atoms with Crippen LogP contribution in [0.15, 0.2) is 50.9 Å². The molecule has 3 N–H and O–H groups in total. The van der Waals surface area contributed by atoms with Gasteiger partial charge in [-0.25, -0.2) is 14.6 Å². The molecule has 0 atom stereocenters. The van der Waals surface area contributed by atoms with Gasteiger partial charge >= 0.3 is 11.9 Å². The largest absolute Gasteiger partial charge is 0.497 e. The molecule has 0 saturated heterocycles. The number of carboxylic acids is 2. The fourth-order valence-corrected chi connectivity index (χ4v) is 3.83. The summed E-state index contributed by atoms with van der Waals surface area (Å²) in [7, 11) is 3.07. The number of methoxy groups -OCH3 is 2. The molecule has 10 nitrogen and oxygen atoms in total. The maximum atomic E-state index is 11.8. The SMILES string of the molecule is COc1cc(OC)cc(-c2nc(S/C(=C/c3ccc(OCC(=O)O)c(Br)c3)C(=O)O)n[nH]2)c1. The number of nitrogens with one attached hydrogen (secondary N) is 1. The number of nitrogens with zero attached hydrogens (tertiary/aromatic N) is 2. The van der Waals surface area contributed by atoms with Crippen molar-refractivity contribution in [3.63, 3.8) is 0 Å². The molecule has 0 amide bonds. The van der Waals surface area contributed by atoms with Crippen molar-refractivity contribution in [3.05, 3.63) is 51.3 Å². The van der Waals surface area contributed by atoms with E-state index in [1.807, 2.05) is 0 Å². The van der Waals surface area contributed by atoms with Crippen LogP contribution in [0.3, 0.4) is 0 Å². The van der Waals surface area contributed by atoms with Crippen LogP contribution in [0.25, 0.3) is 17.5 Å². The summed E-state index contributed by atoms with van der Waals surface area (Å²) in [5, 5.41) is 25.5. The maximum absolute atomic E-state index is 11.8. The number of carbonyl (C=O) groups is 2. The van der Waals surface area contributed by atoms with Gasteiger partial charge in [0.05, 0.1) is 18.7 Å². The van der Waals surface area contributed by atoms with Crippen molar-refractivity contribution in [1.29, 1.82) is 0 Å². The minimum absolute atomic E-state index is 0.0186. The molecule has 2 aromatic carbocycles. The number of aromatic nitrogens is 3. The van der Waals surface area contributed by atoms with Gasteiger partial charge in [-0.15, -0.1) is 5.10 Å². The van der Waals surface area contributed by atoms with Gasteiger partial charge in [0.25, 0.3) is 0 Å². The number of hydrogen-bond acceptors (Lipinski definition) is 8. The summed E-state index contributed by atoms with van der Waals surface area (Å²) in [6, 6.07) is 9.98. The Morgan fingerprint density at radius 2 is 1.82 bits per heavy atom. The Morgan fingerprint density at radius 1 is 1.12 bits per heavy atom. The summed E-state index contributed by atoms with van der Waals surface area (Å²) in [6.45, 7) is -0.490. The quantitative estimate of drug-likeness (QED) is 0.258. The molecule has 3 rings (SSSR count). The van der Waals surface area contributed by atoms with E-state index in [-0.39, 0.29) is 10.1 Å². The molecule has 1 heterocycles. The molecule has 33 heavy (non-hydrogen) atoms. The second-order valence-electron chi connectivity index (χ2n) is 6.36. The lowest BCUT2D eigenvalue weighted by Crippen LogP contribution is -2.09. The average Bonchev–Trinajstić information content (AvgIpc) is 3.26. The fraction of sp³-hybridized carbons (Fsp3) is 0.143. The summed E-state index contributed by atoms with van der Waals surface area (Å²) in [5.74, 6) is -0.371. The summed E-state index contributed by atoms with van der Waals surface area (Å²) in [6.07, 6.45) is 1.45. The van der Waals surface area contributed by atoms with Crippen LogP contribution < -0.4 is 14.2 Å². The lowest BCUT2D eigenvalue weighted by Gasteiger charge is -2.07. The Balaban J connectivity index is 1.82. The van der Waals surface area contributed by atoms with Gasteiger partial charge in [-0.2, -0.15) is 0 Å². The highest BCUT2D eigenvalue weighted by molar-refractivity contribution is 9.10. The zero-order valence-electron chi connectivity index (χ0n) is 17.4. The molecule has 0 aliphatic rings. The van der Waals surface area contributed by atoms with Gasteiger partial charge in [0, 0.05) is 11.6 Å². The van der Waals surface area contributed by atoms with Crippen LogP contribution in [0.4, 0.5) is 0 Å². The lowest BCUT2D eigenvalue weighted by atomic mass is 10.2. The van der Waals surface area contributed by atoms with Crippen molar-refractivity contribution in [3.8, 4) is 28.6 Å². The van der Waals surface area contributed by atoms with Crippen LogP contribution in [-0.4, -0.2) is 58.2 Å². The zero-order valence-corrected chi connectivity index (χ0v) is 19.8. The predicted octanol–water partition coefficient (Wildman–Crippen LogP) is 3.93. The molecule has 0 radical (unpaired) electrons. The third-order valence-corrected chi connectivity index (χ3v) is 5.60. The first kappa shape index (κ1) is 24.1. The molecule has 0 bridgehead atoms. The van der Waals surface area contributed by atoms with Crippen molar-refractivity contribution in [2.45, 2.75) is 5.16 Å². The average molecular weight is 536 g/mol. The first-order chi connectivity index (χ1) is 15.8. The molecular weight excluding hydrogens is 518 g/mol. The Morgan fingerprint density at radius 3 is 2.39 bits per heavy atom. The third-order valence-electron chi connectivity index (χ3n) is 4.11. The fourth-order valence-electron chi connectivity index (χ4n) is 2.61. The molecule has 0 saturated carbocycles. The van der Waals surface area contributed by atoms with E-state index in [2.05, 4.69) is 31.1 Å². The van der Waals surface area contributed by atoms with E-state index < -0.39 is 18.5 Å². The number of aliphatic carboxylic acids is 2. The molecule has 0 fully saturated rings. The highest BCUT2D eigenvalue weighted by atomic mass is 79.9. The lowest BCUT2D eigenvalue weighted by molar-refractivity contribution is -0.139. The van der Waals surface area contributed by atoms with E-state index in [9.17, 15) is 14.7 Å². The van der Waals surface area contributed by atoms with Gasteiger partial charge < -0.3 is 24.4 Å². The van der Waals surface area contributed by atoms with E-state index in [0.29, 0.717) is 38.7 Å². The number of ether oxygens (including phenoxy) is 3. The van der Waals surface area contributed by atoms with E-state index in [0.717, 1.165) is 11.8 Å². The van der Waals surface area contributed by atoms with Crippen molar-refractivity contribution in [2.75, 3.05) is 20.8 Å². The monoisotopic (exact) mass is 535 g/mol. The Hall–Kier alpha value is -3.51. The molecule has 1 aromatic heterocycles. The van der Waals surface area contributed by atoms with Crippen LogP contribution in [0.2, 0.25) is 0 Å². The van der Waals surface area contributed by atoms with E-state index >= 15 is 0 Å². The van der Waals surface area contributed by atoms with Gasteiger partial charge in [-0.05, 0) is 63.6 Å². The van der Waals surface area contributed by atoms with Crippen LogP contribution in [0, 0.1) is 0 Å². The number of thioether (sulfide) groups is 1. The standard InChI is InChI=1S/C21H18BrN3O7S/c1-30-13-7-12(8-14(9-13)31-2)19-23-21(25-24-19)33-17(20(28)29)6-11-3-4-16(15(22)5-11)32-10-18(26)27/h3-9H,10H2,1-2H3,(H,26,27)(H,28,29)(H,23,24,25)/b17-6+. The van der Waals surface area contributed by atoms with E-state index in [1.165, 1.54) is 20.3 Å².